The first-order valence-corrected chi connectivity index (χ1v) is 8.35. The van der Waals surface area contributed by atoms with Gasteiger partial charge in [-0.25, -0.2) is 4.79 Å². The SMILES string of the molecule is O=CC[C@H](CSc1ccccc1)NC(=O)OCc1ccccc1. The highest BCUT2D eigenvalue weighted by molar-refractivity contribution is 7.99. The van der Waals surface area contributed by atoms with E-state index in [1.54, 1.807) is 11.8 Å². The van der Waals surface area contributed by atoms with Gasteiger partial charge in [-0.1, -0.05) is 48.5 Å². The van der Waals surface area contributed by atoms with Gasteiger partial charge in [0.25, 0.3) is 0 Å². The monoisotopic (exact) mass is 329 g/mol. The molecule has 23 heavy (non-hydrogen) atoms. The molecule has 1 atom stereocenters. The fourth-order valence-corrected chi connectivity index (χ4v) is 2.89. The van der Waals surface area contributed by atoms with Crippen molar-refractivity contribution in [1.29, 1.82) is 0 Å². The van der Waals surface area contributed by atoms with Crippen LogP contribution in [-0.2, 0) is 16.1 Å². The van der Waals surface area contributed by atoms with E-state index in [0.717, 1.165) is 16.7 Å². The number of rotatable bonds is 8. The van der Waals surface area contributed by atoms with E-state index in [1.165, 1.54) is 0 Å². The summed E-state index contributed by atoms with van der Waals surface area (Å²) in [6.45, 7) is 0.215. The fourth-order valence-electron chi connectivity index (χ4n) is 1.93. The number of thioether (sulfide) groups is 1. The van der Waals surface area contributed by atoms with Crippen LogP contribution in [0.3, 0.4) is 0 Å². The Morgan fingerprint density at radius 1 is 1.09 bits per heavy atom. The molecule has 0 radical (unpaired) electrons. The molecule has 0 unspecified atom stereocenters. The second kappa shape index (κ2) is 9.69. The van der Waals surface area contributed by atoms with Crippen LogP contribution in [-0.4, -0.2) is 24.2 Å². The molecule has 0 bridgehead atoms. The third kappa shape index (κ3) is 6.57. The Hall–Kier alpha value is -2.27. The van der Waals surface area contributed by atoms with Crippen LogP contribution in [0.2, 0.25) is 0 Å². The van der Waals surface area contributed by atoms with Gasteiger partial charge < -0.3 is 14.8 Å². The van der Waals surface area contributed by atoms with Gasteiger partial charge in [0.05, 0.1) is 0 Å². The summed E-state index contributed by atoms with van der Waals surface area (Å²) in [5.74, 6) is 0.614. The molecule has 1 amide bonds. The maximum absolute atomic E-state index is 11.9. The minimum absolute atomic E-state index is 0.215. The summed E-state index contributed by atoms with van der Waals surface area (Å²) in [6, 6.07) is 19.1. The number of carbonyl (C=O) groups excluding carboxylic acids is 2. The van der Waals surface area contributed by atoms with Crippen LogP contribution in [0, 0.1) is 0 Å². The predicted octanol–water partition coefficient (Wildman–Crippen LogP) is 3.66. The first-order valence-electron chi connectivity index (χ1n) is 7.36. The molecule has 0 aliphatic heterocycles. The van der Waals surface area contributed by atoms with Crippen LogP contribution in [0.15, 0.2) is 65.6 Å². The van der Waals surface area contributed by atoms with Gasteiger partial charge in [0.1, 0.15) is 12.9 Å². The number of hydrogen-bond donors (Lipinski definition) is 1. The van der Waals surface area contributed by atoms with E-state index in [9.17, 15) is 9.59 Å². The molecule has 0 heterocycles. The molecular weight excluding hydrogens is 310 g/mol. The lowest BCUT2D eigenvalue weighted by atomic mass is 10.2. The van der Waals surface area contributed by atoms with E-state index >= 15 is 0 Å². The van der Waals surface area contributed by atoms with Crippen molar-refractivity contribution in [3.8, 4) is 0 Å². The first kappa shape index (κ1) is 17.1. The largest absolute Gasteiger partial charge is 0.445 e. The first-order chi connectivity index (χ1) is 11.3. The highest BCUT2D eigenvalue weighted by Crippen LogP contribution is 2.18. The lowest BCUT2D eigenvalue weighted by Gasteiger charge is -2.16. The van der Waals surface area contributed by atoms with Crippen molar-refractivity contribution in [1.82, 2.24) is 5.32 Å². The molecule has 0 aromatic heterocycles. The lowest BCUT2D eigenvalue weighted by molar-refractivity contribution is -0.108. The lowest BCUT2D eigenvalue weighted by Crippen LogP contribution is -2.37. The van der Waals surface area contributed by atoms with E-state index in [-0.39, 0.29) is 19.1 Å². The van der Waals surface area contributed by atoms with E-state index in [1.807, 2.05) is 60.7 Å². The number of carbonyl (C=O) groups is 2. The Bertz CT molecular complexity index is 604. The number of aldehydes is 1. The number of ether oxygens (including phenoxy) is 1. The second-order valence-corrected chi connectivity index (χ2v) is 6.02. The van der Waals surface area contributed by atoms with Crippen LogP contribution in [0.1, 0.15) is 12.0 Å². The third-order valence-corrected chi connectivity index (χ3v) is 4.28. The molecule has 4 nitrogen and oxygen atoms in total. The van der Waals surface area contributed by atoms with Crippen molar-refractivity contribution < 1.29 is 14.3 Å². The summed E-state index contributed by atoms with van der Waals surface area (Å²) >= 11 is 1.60. The zero-order chi connectivity index (χ0) is 16.3. The molecular formula is C18H19NO3S. The molecule has 2 rings (SSSR count). The maximum Gasteiger partial charge on any atom is 0.407 e. The van der Waals surface area contributed by atoms with E-state index in [0.29, 0.717) is 5.75 Å². The summed E-state index contributed by atoms with van der Waals surface area (Å²) < 4.78 is 5.18. The van der Waals surface area contributed by atoms with Gasteiger partial charge in [-0.3, -0.25) is 0 Å². The zero-order valence-corrected chi connectivity index (χ0v) is 13.5. The summed E-state index contributed by atoms with van der Waals surface area (Å²) in [4.78, 5) is 23.7. The Kier molecular flexibility index (Phi) is 7.20. The summed E-state index contributed by atoms with van der Waals surface area (Å²) in [7, 11) is 0. The number of hydrogen-bond acceptors (Lipinski definition) is 4. The van der Waals surface area contributed by atoms with Gasteiger partial charge in [-0.05, 0) is 17.7 Å². The van der Waals surface area contributed by atoms with Gasteiger partial charge in [-0.2, -0.15) is 0 Å². The Morgan fingerprint density at radius 3 is 2.39 bits per heavy atom. The number of nitrogens with one attached hydrogen (secondary N) is 1. The molecule has 0 fully saturated rings. The topological polar surface area (TPSA) is 55.4 Å². The molecule has 0 aliphatic rings. The molecule has 2 aromatic carbocycles. The van der Waals surface area contributed by atoms with Crippen LogP contribution in [0.25, 0.3) is 0 Å². The Morgan fingerprint density at radius 2 is 1.74 bits per heavy atom. The van der Waals surface area contributed by atoms with Crippen molar-refractivity contribution in [3.05, 3.63) is 66.2 Å². The van der Waals surface area contributed by atoms with Gasteiger partial charge in [0, 0.05) is 23.1 Å². The Balaban J connectivity index is 1.78. The summed E-state index contributed by atoms with van der Waals surface area (Å²) in [5, 5.41) is 2.75. The normalized spacial score (nSPS) is 11.5. The van der Waals surface area contributed by atoms with Crippen molar-refractivity contribution >= 4 is 24.1 Å². The standard InChI is InChI=1S/C18H19NO3S/c20-12-11-16(14-23-17-9-5-2-6-10-17)19-18(21)22-13-15-7-3-1-4-8-15/h1-10,12,16H,11,13-14H2,(H,19,21)/t16-/m1/s1. The van der Waals surface area contributed by atoms with Gasteiger partial charge >= 0.3 is 6.09 Å². The quantitative estimate of drug-likeness (QED) is 0.593. The van der Waals surface area contributed by atoms with E-state index < -0.39 is 6.09 Å². The van der Waals surface area contributed by atoms with E-state index in [4.69, 9.17) is 4.74 Å². The maximum atomic E-state index is 11.9. The van der Waals surface area contributed by atoms with Crippen LogP contribution in [0.5, 0.6) is 0 Å². The molecule has 1 N–H and O–H groups in total. The van der Waals surface area contributed by atoms with Gasteiger partial charge in [0.2, 0.25) is 0 Å². The van der Waals surface area contributed by atoms with Gasteiger partial charge in [0.15, 0.2) is 0 Å². The highest BCUT2D eigenvalue weighted by atomic mass is 32.2. The summed E-state index contributed by atoms with van der Waals surface area (Å²) in [5.41, 5.74) is 0.924. The Labute approximate surface area is 140 Å². The van der Waals surface area contributed by atoms with Crippen molar-refractivity contribution in [3.63, 3.8) is 0 Å². The van der Waals surface area contributed by atoms with Crippen molar-refractivity contribution in [2.24, 2.45) is 0 Å². The molecule has 0 saturated carbocycles. The number of benzene rings is 2. The van der Waals surface area contributed by atoms with Crippen molar-refractivity contribution in [2.45, 2.75) is 24.0 Å². The summed E-state index contributed by atoms with van der Waals surface area (Å²) in [6.07, 6.45) is 0.572. The minimum atomic E-state index is -0.505. The molecule has 120 valence electrons. The molecule has 0 saturated heterocycles. The van der Waals surface area contributed by atoms with Crippen LogP contribution in [0.4, 0.5) is 4.79 Å². The molecule has 2 aromatic rings. The van der Waals surface area contributed by atoms with E-state index in [2.05, 4.69) is 5.32 Å². The van der Waals surface area contributed by atoms with Crippen LogP contribution >= 0.6 is 11.8 Å². The van der Waals surface area contributed by atoms with Gasteiger partial charge in [-0.15, -0.1) is 11.8 Å². The molecule has 0 aliphatic carbocycles. The second-order valence-electron chi connectivity index (χ2n) is 4.93. The number of amides is 1. The average molecular weight is 329 g/mol. The minimum Gasteiger partial charge on any atom is -0.445 e. The molecule has 0 spiro atoms. The van der Waals surface area contributed by atoms with Crippen molar-refractivity contribution in [2.75, 3.05) is 5.75 Å². The van der Waals surface area contributed by atoms with Crippen LogP contribution < -0.4 is 5.32 Å². The third-order valence-electron chi connectivity index (χ3n) is 3.11. The zero-order valence-electron chi connectivity index (χ0n) is 12.7. The predicted molar refractivity (Wildman–Crippen MR) is 91.4 cm³/mol. The highest BCUT2D eigenvalue weighted by Gasteiger charge is 2.13. The number of alkyl carbamates (subject to hydrolysis) is 1. The molecule has 5 heteroatoms. The smallest absolute Gasteiger partial charge is 0.407 e. The fraction of sp³-hybridized carbons (Fsp3) is 0.222. The average Bonchev–Trinajstić information content (AvgIpc) is 2.60.